The van der Waals surface area contributed by atoms with Crippen molar-refractivity contribution < 1.29 is 0 Å². The van der Waals surface area contributed by atoms with E-state index < -0.39 is 0 Å². The summed E-state index contributed by atoms with van der Waals surface area (Å²) in [4.78, 5) is 17.4. The highest BCUT2D eigenvalue weighted by Crippen LogP contribution is 2.34. The maximum Gasteiger partial charge on any atom is 0.181 e. The van der Waals surface area contributed by atoms with Gasteiger partial charge in [0.15, 0.2) is 5.65 Å². The molecule has 1 aliphatic carbocycles. The molecule has 6 heterocycles. The molecule has 0 bridgehead atoms. The van der Waals surface area contributed by atoms with Crippen LogP contribution in [-0.2, 0) is 6.54 Å². The Bertz CT molecular complexity index is 1680. The molecule has 0 unspecified atom stereocenters. The third-order valence-electron chi connectivity index (χ3n) is 7.39. The van der Waals surface area contributed by atoms with Crippen molar-refractivity contribution in [3.8, 4) is 33.8 Å². The van der Waals surface area contributed by atoms with Gasteiger partial charge in [0.05, 0.1) is 17.1 Å². The normalized spacial score (nSPS) is 14.3. The molecule has 7 rings (SSSR count). The summed E-state index contributed by atoms with van der Waals surface area (Å²) in [5.74, 6) is 0.823. The van der Waals surface area contributed by atoms with Crippen molar-refractivity contribution in [2.24, 2.45) is 5.92 Å². The fraction of sp³-hybridized carbons (Fsp3) is 0.241. The fourth-order valence-corrected chi connectivity index (χ4v) is 6.10. The van der Waals surface area contributed by atoms with Gasteiger partial charge in [-0.25, -0.2) is 4.98 Å². The van der Waals surface area contributed by atoms with Crippen LogP contribution in [0.3, 0.4) is 0 Å². The van der Waals surface area contributed by atoms with Gasteiger partial charge in [0.1, 0.15) is 0 Å². The minimum atomic E-state index is 0.691. The first-order valence-electron chi connectivity index (χ1n) is 12.8. The molecule has 0 aromatic carbocycles. The van der Waals surface area contributed by atoms with Gasteiger partial charge in [-0.3, -0.25) is 15.1 Å². The molecule has 184 valence electrons. The summed E-state index contributed by atoms with van der Waals surface area (Å²) in [6, 6.07) is 10.6. The molecular weight excluding hydrogens is 478 g/mol. The molecule has 0 aliphatic heterocycles. The number of aromatic nitrogens is 6. The van der Waals surface area contributed by atoms with Crippen LogP contribution in [0.1, 0.15) is 31.2 Å². The van der Waals surface area contributed by atoms with Crippen molar-refractivity contribution in [1.82, 2.24) is 35.5 Å². The van der Waals surface area contributed by atoms with E-state index >= 15 is 0 Å². The van der Waals surface area contributed by atoms with E-state index in [4.69, 9.17) is 0 Å². The summed E-state index contributed by atoms with van der Waals surface area (Å²) in [6.07, 6.45) is 13.0. The predicted molar refractivity (Wildman–Crippen MR) is 149 cm³/mol. The molecule has 0 atom stereocenters. The zero-order chi connectivity index (χ0) is 24.6. The second kappa shape index (κ2) is 9.53. The predicted octanol–water partition coefficient (Wildman–Crippen LogP) is 6.57. The molecule has 3 N–H and O–H groups in total. The van der Waals surface area contributed by atoms with E-state index in [1.54, 1.807) is 11.3 Å². The molecule has 7 nitrogen and oxygen atoms in total. The standard InChI is InChI=1S/C29H27N7S/c1-2-4-18(3-1)12-30-13-19-9-21(15-31-14-19)22-10-24-28(35-36-29(24)33-16-22)26-11-23-25(34-26)5-7-32-27(23)20-6-8-37-17-20/h5-11,14-18,30,34H,1-4,12-13H2,(H,33,35,36). The second-order valence-corrected chi connectivity index (χ2v) is 10.7. The molecule has 0 saturated heterocycles. The zero-order valence-electron chi connectivity index (χ0n) is 20.4. The highest BCUT2D eigenvalue weighted by molar-refractivity contribution is 7.08. The molecule has 8 heteroatoms. The average Bonchev–Trinajstić information content (AvgIpc) is 3.74. The van der Waals surface area contributed by atoms with Gasteiger partial charge < -0.3 is 10.3 Å². The van der Waals surface area contributed by atoms with Crippen LogP contribution < -0.4 is 5.32 Å². The SMILES string of the molecule is c1cc2[nH]c(-c3[nH]nc4ncc(-c5cncc(CNCC6CCCC6)c5)cc34)cc2c(-c2ccsc2)n1. The number of fused-ring (bicyclic) bond motifs is 2. The van der Waals surface area contributed by atoms with Crippen molar-refractivity contribution in [3.05, 3.63) is 71.4 Å². The summed E-state index contributed by atoms with van der Waals surface area (Å²) < 4.78 is 0. The largest absolute Gasteiger partial charge is 0.353 e. The molecule has 37 heavy (non-hydrogen) atoms. The first-order chi connectivity index (χ1) is 18.3. The number of pyridine rings is 3. The quantitative estimate of drug-likeness (QED) is 0.228. The number of nitrogens with zero attached hydrogens (tertiary/aromatic N) is 4. The molecule has 0 radical (unpaired) electrons. The lowest BCUT2D eigenvalue weighted by Crippen LogP contribution is -2.20. The summed E-state index contributed by atoms with van der Waals surface area (Å²) in [7, 11) is 0. The van der Waals surface area contributed by atoms with Gasteiger partial charge in [-0.05, 0) is 66.6 Å². The number of nitrogens with one attached hydrogen (secondary N) is 3. The van der Waals surface area contributed by atoms with Crippen LogP contribution >= 0.6 is 11.3 Å². The van der Waals surface area contributed by atoms with Gasteiger partial charge in [0.25, 0.3) is 0 Å². The number of hydrogen-bond acceptors (Lipinski definition) is 6. The number of H-pyrrole nitrogens is 2. The van der Waals surface area contributed by atoms with Gasteiger partial charge in [0.2, 0.25) is 0 Å². The van der Waals surface area contributed by atoms with Gasteiger partial charge in [-0.1, -0.05) is 12.8 Å². The molecule has 0 spiro atoms. The minimum Gasteiger partial charge on any atom is -0.353 e. The summed E-state index contributed by atoms with van der Waals surface area (Å²) >= 11 is 1.68. The van der Waals surface area contributed by atoms with Crippen molar-refractivity contribution in [2.45, 2.75) is 32.2 Å². The first kappa shape index (κ1) is 22.3. The van der Waals surface area contributed by atoms with Crippen LogP contribution in [0.4, 0.5) is 0 Å². The Hall–Kier alpha value is -3.88. The molecule has 6 aromatic rings. The first-order valence-corrected chi connectivity index (χ1v) is 13.8. The third-order valence-corrected chi connectivity index (χ3v) is 8.07. The van der Waals surface area contributed by atoms with E-state index in [1.165, 1.54) is 31.2 Å². The summed E-state index contributed by atoms with van der Waals surface area (Å²) in [5, 5.41) is 17.6. The fourth-order valence-electron chi connectivity index (χ4n) is 5.46. The molecule has 0 amide bonds. The highest BCUT2D eigenvalue weighted by Gasteiger charge is 2.16. The lowest BCUT2D eigenvalue weighted by molar-refractivity contribution is 0.489. The third kappa shape index (κ3) is 4.32. The van der Waals surface area contributed by atoms with Crippen molar-refractivity contribution >= 4 is 33.3 Å². The smallest absolute Gasteiger partial charge is 0.181 e. The van der Waals surface area contributed by atoms with Gasteiger partial charge in [0, 0.05) is 69.7 Å². The maximum absolute atomic E-state index is 4.65. The monoisotopic (exact) mass is 505 g/mol. The summed E-state index contributed by atoms with van der Waals surface area (Å²) in [6.45, 7) is 1.92. The van der Waals surface area contributed by atoms with Crippen LogP contribution in [0.25, 0.3) is 55.7 Å². The topological polar surface area (TPSA) is 95.2 Å². The zero-order valence-corrected chi connectivity index (χ0v) is 21.2. The minimum absolute atomic E-state index is 0.691. The van der Waals surface area contributed by atoms with Crippen molar-refractivity contribution in [2.75, 3.05) is 6.54 Å². The van der Waals surface area contributed by atoms with Crippen molar-refractivity contribution in [1.29, 1.82) is 0 Å². The van der Waals surface area contributed by atoms with E-state index in [-0.39, 0.29) is 0 Å². The van der Waals surface area contributed by atoms with E-state index in [9.17, 15) is 0 Å². The lowest BCUT2D eigenvalue weighted by atomic mass is 10.1. The van der Waals surface area contributed by atoms with E-state index in [0.29, 0.717) is 5.65 Å². The molecule has 1 saturated carbocycles. The van der Waals surface area contributed by atoms with Gasteiger partial charge >= 0.3 is 0 Å². The van der Waals surface area contributed by atoms with E-state index in [2.05, 4.69) is 70.5 Å². The molecule has 6 aromatic heterocycles. The average molecular weight is 506 g/mol. The van der Waals surface area contributed by atoms with Crippen LogP contribution in [0.5, 0.6) is 0 Å². The van der Waals surface area contributed by atoms with Crippen LogP contribution in [-0.4, -0.2) is 36.7 Å². The van der Waals surface area contributed by atoms with Crippen molar-refractivity contribution in [3.63, 3.8) is 0 Å². The van der Waals surface area contributed by atoms with Crippen LogP contribution in [0.15, 0.2) is 65.9 Å². The lowest BCUT2D eigenvalue weighted by Gasteiger charge is -2.11. The highest BCUT2D eigenvalue weighted by atomic mass is 32.1. The molecular formula is C29H27N7S. The van der Waals surface area contributed by atoms with Gasteiger partial charge in [-0.2, -0.15) is 16.4 Å². The molecule has 1 aliphatic rings. The Morgan fingerprint density at radius 3 is 2.76 bits per heavy atom. The Balaban J connectivity index is 1.20. The maximum atomic E-state index is 4.65. The Kier molecular flexibility index (Phi) is 5.75. The van der Waals surface area contributed by atoms with Crippen LogP contribution in [0, 0.1) is 5.92 Å². The Labute approximate surface area is 218 Å². The second-order valence-electron chi connectivity index (χ2n) is 9.87. The molecule has 1 fully saturated rings. The Morgan fingerprint density at radius 2 is 1.86 bits per heavy atom. The van der Waals surface area contributed by atoms with E-state index in [1.807, 2.05) is 30.9 Å². The number of hydrogen-bond donors (Lipinski definition) is 3. The number of aromatic amines is 2. The number of thiophene rings is 1. The van der Waals surface area contributed by atoms with Crippen LogP contribution in [0.2, 0.25) is 0 Å². The van der Waals surface area contributed by atoms with E-state index in [0.717, 1.165) is 69.1 Å². The van der Waals surface area contributed by atoms with Gasteiger partial charge in [-0.15, -0.1) is 0 Å². The Morgan fingerprint density at radius 1 is 0.946 bits per heavy atom. The number of rotatable bonds is 7. The summed E-state index contributed by atoms with van der Waals surface area (Å²) in [5.41, 5.74) is 8.99.